The lowest BCUT2D eigenvalue weighted by Gasteiger charge is -2.23. The first-order valence-corrected chi connectivity index (χ1v) is 16.9. The number of nitrogens with zero attached hydrogens (tertiary/aromatic N) is 1. The van der Waals surface area contributed by atoms with E-state index in [2.05, 4.69) is 32.9 Å². The van der Waals surface area contributed by atoms with Crippen molar-refractivity contribution < 1.29 is 19.0 Å². The molecule has 3 aromatic carbocycles. The Hall–Kier alpha value is -3.47. The van der Waals surface area contributed by atoms with Crippen molar-refractivity contribution in [1.82, 2.24) is 0 Å². The molecule has 1 atom stereocenters. The van der Waals surface area contributed by atoms with E-state index in [0.29, 0.717) is 11.3 Å². The molecule has 0 radical (unpaired) electrons. The number of carbonyl (C=O) groups excluding carboxylic acids is 1. The van der Waals surface area contributed by atoms with Crippen molar-refractivity contribution in [1.29, 1.82) is 0 Å². The fourth-order valence-corrected chi connectivity index (χ4v) is 5.34. The van der Waals surface area contributed by atoms with Crippen LogP contribution in [0.2, 0.25) is 0 Å². The van der Waals surface area contributed by atoms with Crippen molar-refractivity contribution in [3.05, 3.63) is 71.8 Å². The molecule has 44 heavy (non-hydrogen) atoms. The van der Waals surface area contributed by atoms with Crippen LogP contribution in [-0.2, 0) is 0 Å². The number of hydrogen-bond acceptors (Lipinski definition) is 5. The molecule has 0 saturated heterocycles. The first-order valence-electron chi connectivity index (χ1n) is 16.9. The minimum Gasteiger partial charge on any atom is -0.494 e. The van der Waals surface area contributed by atoms with Crippen LogP contribution in [0.15, 0.2) is 60.7 Å². The van der Waals surface area contributed by atoms with Crippen LogP contribution in [0.3, 0.4) is 0 Å². The lowest BCUT2D eigenvalue weighted by Crippen LogP contribution is -2.18. The predicted octanol–water partition coefficient (Wildman–Crippen LogP) is 10.8. The van der Waals surface area contributed by atoms with Crippen LogP contribution in [0.25, 0.3) is 11.1 Å². The Balaban J connectivity index is 1.55. The number of carbonyl (C=O) groups is 1. The largest absolute Gasteiger partial charge is 0.494 e. The maximum absolute atomic E-state index is 13.2. The number of esters is 1. The highest BCUT2D eigenvalue weighted by Gasteiger charge is 2.19. The third kappa shape index (κ3) is 11.6. The summed E-state index contributed by atoms with van der Waals surface area (Å²) in [6, 6.07) is 19.7. The summed E-state index contributed by atoms with van der Waals surface area (Å²) in [5.41, 5.74) is 4.38. The van der Waals surface area contributed by atoms with E-state index >= 15 is 0 Å². The highest BCUT2D eigenvalue weighted by molar-refractivity contribution is 5.94. The van der Waals surface area contributed by atoms with E-state index in [1.54, 1.807) is 0 Å². The summed E-state index contributed by atoms with van der Waals surface area (Å²) in [5.74, 6) is 1.83. The standard InChI is InChI=1S/C39H55NO4/c1-7-9-11-13-14-15-17-27-42-34-23-19-32(20-24-34)33-21-25-35(26-22-33)44-39(41)36-29-37(40(5)6)38(28-30(36)3)43-31(4)18-16-12-10-8-2/h19-26,28-29,31H,7-18,27H2,1-6H3/t31-/m0/s1. The van der Waals surface area contributed by atoms with Crippen LogP contribution in [0.5, 0.6) is 17.2 Å². The van der Waals surface area contributed by atoms with E-state index in [4.69, 9.17) is 14.2 Å². The van der Waals surface area contributed by atoms with E-state index in [1.807, 2.05) is 74.4 Å². The Morgan fingerprint density at radius 3 is 1.86 bits per heavy atom. The first-order chi connectivity index (χ1) is 21.3. The van der Waals surface area contributed by atoms with E-state index in [0.717, 1.165) is 59.7 Å². The highest BCUT2D eigenvalue weighted by Crippen LogP contribution is 2.33. The second-order valence-corrected chi connectivity index (χ2v) is 12.2. The van der Waals surface area contributed by atoms with Crippen LogP contribution in [0, 0.1) is 6.92 Å². The van der Waals surface area contributed by atoms with Crippen LogP contribution in [0.1, 0.15) is 114 Å². The fourth-order valence-electron chi connectivity index (χ4n) is 5.34. The molecule has 0 aliphatic heterocycles. The third-order valence-corrected chi connectivity index (χ3v) is 8.07. The summed E-state index contributed by atoms with van der Waals surface area (Å²) in [4.78, 5) is 15.2. The molecule has 5 heteroatoms. The monoisotopic (exact) mass is 601 g/mol. The summed E-state index contributed by atoms with van der Waals surface area (Å²) in [5, 5.41) is 0. The second-order valence-electron chi connectivity index (χ2n) is 12.2. The zero-order chi connectivity index (χ0) is 31.7. The number of unbranched alkanes of at least 4 members (excludes halogenated alkanes) is 9. The predicted molar refractivity (Wildman–Crippen MR) is 185 cm³/mol. The molecule has 0 aromatic heterocycles. The first kappa shape index (κ1) is 35.0. The fraction of sp³-hybridized carbons (Fsp3) is 0.513. The van der Waals surface area contributed by atoms with Gasteiger partial charge in [-0.05, 0) is 86.2 Å². The van der Waals surface area contributed by atoms with Gasteiger partial charge in [0.05, 0.1) is 24.0 Å². The van der Waals surface area contributed by atoms with Gasteiger partial charge in [0.1, 0.15) is 17.2 Å². The van der Waals surface area contributed by atoms with E-state index in [-0.39, 0.29) is 12.1 Å². The smallest absolute Gasteiger partial charge is 0.343 e. The average Bonchev–Trinajstić information content (AvgIpc) is 3.01. The molecule has 0 fully saturated rings. The normalized spacial score (nSPS) is 11.7. The zero-order valence-electron chi connectivity index (χ0n) is 28.1. The zero-order valence-corrected chi connectivity index (χ0v) is 28.1. The molecule has 0 bridgehead atoms. The molecule has 3 aromatic rings. The molecular weight excluding hydrogens is 546 g/mol. The molecule has 0 N–H and O–H groups in total. The van der Waals surface area contributed by atoms with Crippen molar-refractivity contribution in [2.45, 2.75) is 111 Å². The number of benzene rings is 3. The van der Waals surface area contributed by atoms with Gasteiger partial charge in [-0.25, -0.2) is 4.79 Å². The summed E-state index contributed by atoms with van der Waals surface area (Å²) >= 11 is 0. The molecular formula is C39H55NO4. The molecule has 3 rings (SSSR count). The second kappa shape index (κ2) is 19.0. The number of hydrogen-bond donors (Lipinski definition) is 0. The maximum atomic E-state index is 13.2. The maximum Gasteiger partial charge on any atom is 0.343 e. The molecule has 240 valence electrons. The molecule has 0 spiro atoms. The molecule has 0 aliphatic rings. The van der Waals surface area contributed by atoms with Crippen molar-refractivity contribution >= 4 is 11.7 Å². The van der Waals surface area contributed by atoms with Gasteiger partial charge in [0.15, 0.2) is 0 Å². The van der Waals surface area contributed by atoms with Gasteiger partial charge >= 0.3 is 5.97 Å². The average molecular weight is 602 g/mol. The van der Waals surface area contributed by atoms with Crippen LogP contribution in [-0.4, -0.2) is 32.8 Å². The molecule has 0 unspecified atom stereocenters. The molecule has 0 saturated carbocycles. The van der Waals surface area contributed by atoms with E-state index in [1.165, 1.54) is 57.8 Å². The Morgan fingerprint density at radius 1 is 0.727 bits per heavy atom. The summed E-state index contributed by atoms with van der Waals surface area (Å²) in [6.45, 7) is 9.28. The van der Waals surface area contributed by atoms with Crippen molar-refractivity contribution in [2.75, 3.05) is 25.6 Å². The summed E-state index contributed by atoms with van der Waals surface area (Å²) in [7, 11) is 3.93. The molecule has 0 aliphatic carbocycles. The number of anilines is 1. The minimum atomic E-state index is -0.375. The van der Waals surface area contributed by atoms with E-state index < -0.39 is 0 Å². The van der Waals surface area contributed by atoms with Crippen LogP contribution in [0.4, 0.5) is 5.69 Å². The number of rotatable bonds is 20. The van der Waals surface area contributed by atoms with Gasteiger partial charge in [0, 0.05) is 14.1 Å². The lowest BCUT2D eigenvalue weighted by atomic mass is 10.1. The van der Waals surface area contributed by atoms with E-state index in [9.17, 15) is 4.79 Å². The Bertz CT molecular complexity index is 1250. The van der Waals surface area contributed by atoms with Gasteiger partial charge in [-0.1, -0.05) is 95.9 Å². The molecule has 0 heterocycles. The van der Waals surface area contributed by atoms with Crippen molar-refractivity contribution in [2.24, 2.45) is 0 Å². The number of aryl methyl sites for hydroxylation is 1. The van der Waals surface area contributed by atoms with Crippen LogP contribution < -0.4 is 19.1 Å². The molecule has 0 amide bonds. The van der Waals surface area contributed by atoms with Gasteiger partial charge in [-0.15, -0.1) is 0 Å². The van der Waals surface area contributed by atoms with Crippen LogP contribution >= 0.6 is 0 Å². The van der Waals surface area contributed by atoms with Crippen molar-refractivity contribution in [3.8, 4) is 28.4 Å². The van der Waals surface area contributed by atoms with Gasteiger partial charge in [0.25, 0.3) is 0 Å². The van der Waals surface area contributed by atoms with Gasteiger partial charge < -0.3 is 19.1 Å². The Morgan fingerprint density at radius 2 is 1.27 bits per heavy atom. The minimum absolute atomic E-state index is 0.111. The Labute approximate surface area is 266 Å². The topological polar surface area (TPSA) is 48.0 Å². The quantitative estimate of drug-likeness (QED) is 0.0732. The molecule has 5 nitrogen and oxygen atoms in total. The Kier molecular flexibility index (Phi) is 15.1. The van der Waals surface area contributed by atoms with Crippen molar-refractivity contribution in [3.63, 3.8) is 0 Å². The van der Waals surface area contributed by atoms with Gasteiger partial charge in [0.2, 0.25) is 0 Å². The highest BCUT2D eigenvalue weighted by atomic mass is 16.5. The lowest BCUT2D eigenvalue weighted by molar-refractivity contribution is 0.0734. The summed E-state index contributed by atoms with van der Waals surface area (Å²) in [6.07, 6.45) is 14.9. The number of ether oxygens (including phenoxy) is 3. The SMILES string of the molecule is CCCCCCCCCOc1ccc(-c2ccc(OC(=O)c3cc(N(C)C)c(O[C@@H](C)CCCCCC)cc3C)cc2)cc1. The van der Waals surface area contributed by atoms with Gasteiger partial charge in [-0.2, -0.15) is 0 Å². The third-order valence-electron chi connectivity index (χ3n) is 8.07. The summed E-state index contributed by atoms with van der Waals surface area (Å²) < 4.78 is 18.1. The van der Waals surface area contributed by atoms with Gasteiger partial charge in [-0.3, -0.25) is 0 Å².